The lowest BCUT2D eigenvalue weighted by Crippen LogP contribution is -2.42. The summed E-state index contributed by atoms with van der Waals surface area (Å²) in [6.07, 6.45) is -0.677. The number of halogens is 1. The zero-order valence-electron chi connectivity index (χ0n) is 14.2. The molecule has 0 heterocycles. The number of carbonyl (C=O) groups is 2. The van der Waals surface area contributed by atoms with Crippen LogP contribution in [0.1, 0.15) is 51.9 Å². The number of ether oxygens (including phenoxy) is 2. The largest absolute Gasteiger partial charge is 0.456 e. The lowest BCUT2D eigenvalue weighted by molar-refractivity contribution is 0.00686. The number of hydrogen-bond donors (Lipinski definition) is 2. The van der Waals surface area contributed by atoms with Crippen LogP contribution in [0.3, 0.4) is 0 Å². The Bertz CT molecular complexity index is 616. The second-order valence-corrected chi connectivity index (χ2v) is 7.95. The maximum absolute atomic E-state index is 12.4. The molecule has 0 saturated heterocycles. The number of amides is 1. The predicted octanol–water partition coefficient (Wildman–Crippen LogP) is 3.87. The van der Waals surface area contributed by atoms with Gasteiger partial charge in [0.1, 0.15) is 16.9 Å². The van der Waals surface area contributed by atoms with E-state index in [0.717, 1.165) is 0 Å². The van der Waals surface area contributed by atoms with Gasteiger partial charge in [-0.15, -0.1) is 0 Å². The highest BCUT2D eigenvalue weighted by atomic mass is 79.9. The monoisotopic (exact) mass is 386 g/mol. The number of anilines is 1. The van der Waals surface area contributed by atoms with E-state index in [2.05, 4.69) is 21.2 Å². The van der Waals surface area contributed by atoms with Crippen molar-refractivity contribution < 1.29 is 19.1 Å². The number of carbonyl (C=O) groups excluding carboxylic acids is 2. The lowest BCUT2D eigenvalue weighted by Gasteiger charge is -2.23. The Morgan fingerprint density at radius 1 is 1.13 bits per heavy atom. The van der Waals surface area contributed by atoms with Crippen molar-refractivity contribution in [1.82, 2.24) is 5.32 Å². The summed E-state index contributed by atoms with van der Waals surface area (Å²) in [5, 5.41) is 2.65. The molecule has 0 aliphatic carbocycles. The summed E-state index contributed by atoms with van der Waals surface area (Å²) in [6.45, 7) is 10.7. The summed E-state index contributed by atoms with van der Waals surface area (Å²) < 4.78 is 11.1. The first kappa shape index (κ1) is 19.3. The molecule has 0 radical (unpaired) electrons. The first-order chi connectivity index (χ1) is 10.3. The van der Waals surface area contributed by atoms with Crippen molar-refractivity contribution in [3.63, 3.8) is 0 Å². The van der Waals surface area contributed by atoms with Gasteiger partial charge in [0.2, 0.25) is 0 Å². The van der Waals surface area contributed by atoms with Crippen molar-refractivity contribution in [2.45, 2.75) is 52.7 Å². The first-order valence-corrected chi connectivity index (χ1v) is 7.91. The number of hydrogen-bond acceptors (Lipinski definition) is 5. The maximum atomic E-state index is 12.4. The first-order valence-electron chi connectivity index (χ1n) is 7.11. The molecule has 1 aromatic rings. The van der Waals surface area contributed by atoms with Crippen molar-refractivity contribution in [3.05, 3.63) is 22.2 Å². The van der Waals surface area contributed by atoms with E-state index in [9.17, 15) is 9.59 Å². The van der Waals surface area contributed by atoms with Crippen LogP contribution in [0.2, 0.25) is 0 Å². The van der Waals surface area contributed by atoms with Crippen LogP contribution in [-0.2, 0) is 4.74 Å². The highest BCUT2D eigenvalue weighted by Gasteiger charge is 2.26. The standard InChI is InChI=1S/C16H23BrN2O4/c1-15(2,3)19-14(21)22-10-8-7-9(17)12(18)11(10)13(20)23-16(4,5)6/h7-8H,18H2,1-6H3,(H,19,21). The Morgan fingerprint density at radius 3 is 2.17 bits per heavy atom. The van der Waals surface area contributed by atoms with Crippen LogP contribution in [0, 0.1) is 0 Å². The van der Waals surface area contributed by atoms with Crippen molar-refractivity contribution in [3.8, 4) is 5.75 Å². The molecule has 0 aliphatic rings. The van der Waals surface area contributed by atoms with Gasteiger partial charge in [0.05, 0.1) is 5.69 Å². The molecule has 1 amide bonds. The van der Waals surface area contributed by atoms with Crippen molar-refractivity contribution >= 4 is 33.7 Å². The van der Waals surface area contributed by atoms with Gasteiger partial charge in [0, 0.05) is 10.0 Å². The van der Waals surface area contributed by atoms with E-state index >= 15 is 0 Å². The van der Waals surface area contributed by atoms with Gasteiger partial charge in [-0.05, 0) is 69.6 Å². The second kappa shape index (κ2) is 6.78. The van der Waals surface area contributed by atoms with Gasteiger partial charge in [-0.25, -0.2) is 9.59 Å². The van der Waals surface area contributed by atoms with E-state index in [-0.39, 0.29) is 17.0 Å². The van der Waals surface area contributed by atoms with E-state index in [1.807, 2.05) is 20.8 Å². The molecule has 1 aromatic carbocycles. The average molecular weight is 387 g/mol. The van der Waals surface area contributed by atoms with Crippen LogP contribution in [-0.4, -0.2) is 23.2 Å². The number of benzene rings is 1. The van der Waals surface area contributed by atoms with Gasteiger partial charge in [-0.3, -0.25) is 0 Å². The highest BCUT2D eigenvalue weighted by Crippen LogP contribution is 2.33. The quantitative estimate of drug-likeness (QED) is 0.594. The van der Waals surface area contributed by atoms with Gasteiger partial charge in [-0.2, -0.15) is 0 Å². The molecule has 1 rings (SSSR count). The zero-order valence-corrected chi connectivity index (χ0v) is 15.8. The molecule has 128 valence electrons. The fourth-order valence-electron chi connectivity index (χ4n) is 1.63. The third kappa shape index (κ3) is 6.09. The fourth-order valence-corrected chi connectivity index (χ4v) is 1.96. The number of rotatable bonds is 2. The highest BCUT2D eigenvalue weighted by molar-refractivity contribution is 9.10. The summed E-state index contributed by atoms with van der Waals surface area (Å²) in [7, 11) is 0. The minimum absolute atomic E-state index is 0.0124. The van der Waals surface area contributed by atoms with E-state index in [4.69, 9.17) is 15.2 Å². The number of nitrogens with one attached hydrogen (secondary N) is 1. The number of esters is 1. The summed E-state index contributed by atoms with van der Waals surface area (Å²) in [5.74, 6) is -0.614. The molecule has 0 saturated carbocycles. The SMILES string of the molecule is CC(C)(C)NC(=O)Oc1ccc(Br)c(N)c1C(=O)OC(C)(C)C. The fraction of sp³-hybridized carbons (Fsp3) is 0.500. The Kier molecular flexibility index (Phi) is 5.69. The second-order valence-electron chi connectivity index (χ2n) is 7.10. The molecular formula is C16H23BrN2O4. The van der Waals surface area contributed by atoms with E-state index in [1.165, 1.54) is 6.07 Å². The number of nitrogen functional groups attached to an aromatic ring is 1. The molecule has 7 heteroatoms. The Labute approximate surface area is 144 Å². The van der Waals surface area contributed by atoms with E-state index < -0.39 is 23.2 Å². The third-order valence-electron chi connectivity index (χ3n) is 2.44. The van der Waals surface area contributed by atoms with Crippen molar-refractivity contribution in [2.75, 3.05) is 5.73 Å². The third-order valence-corrected chi connectivity index (χ3v) is 3.13. The normalized spacial score (nSPS) is 11.8. The Hall–Kier alpha value is -1.76. The van der Waals surface area contributed by atoms with Crippen LogP contribution >= 0.6 is 15.9 Å². The summed E-state index contributed by atoms with van der Waals surface area (Å²) in [4.78, 5) is 24.3. The van der Waals surface area contributed by atoms with Crippen LogP contribution in [0.5, 0.6) is 5.75 Å². The van der Waals surface area contributed by atoms with Gasteiger partial charge in [0.25, 0.3) is 0 Å². The van der Waals surface area contributed by atoms with Gasteiger partial charge >= 0.3 is 12.1 Å². The molecule has 0 atom stereocenters. The average Bonchev–Trinajstić information content (AvgIpc) is 2.29. The minimum atomic E-state index is -0.698. The molecule has 0 fully saturated rings. The number of nitrogens with two attached hydrogens (primary N) is 1. The predicted molar refractivity (Wildman–Crippen MR) is 92.6 cm³/mol. The molecule has 0 aliphatic heterocycles. The van der Waals surface area contributed by atoms with Gasteiger partial charge in [0.15, 0.2) is 0 Å². The summed E-state index contributed by atoms with van der Waals surface area (Å²) in [5.41, 5.74) is 4.95. The van der Waals surface area contributed by atoms with Crippen LogP contribution in [0.15, 0.2) is 16.6 Å². The zero-order chi connectivity index (χ0) is 18.0. The van der Waals surface area contributed by atoms with E-state index in [1.54, 1.807) is 26.8 Å². The minimum Gasteiger partial charge on any atom is -0.456 e. The van der Waals surface area contributed by atoms with Gasteiger partial charge in [-0.1, -0.05) is 0 Å². The van der Waals surface area contributed by atoms with E-state index in [0.29, 0.717) is 4.47 Å². The molecule has 6 nitrogen and oxygen atoms in total. The summed E-state index contributed by atoms with van der Waals surface area (Å²) >= 11 is 3.25. The molecule has 3 N–H and O–H groups in total. The molecule has 23 heavy (non-hydrogen) atoms. The molecule has 0 unspecified atom stereocenters. The maximum Gasteiger partial charge on any atom is 0.413 e. The smallest absolute Gasteiger partial charge is 0.413 e. The Balaban J connectivity index is 3.16. The van der Waals surface area contributed by atoms with Crippen LogP contribution in [0.4, 0.5) is 10.5 Å². The molecule has 0 spiro atoms. The van der Waals surface area contributed by atoms with Gasteiger partial charge < -0.3 is 20.5 Å². The topological polar surface area (TPSA) is 90.6 Å². The van der Waals surface area contributed by atoms with Crippen LogP contribution in [0.25, 0.3) is 0 Å². The Morgan fingerprint density at radius 2 is 1.70 bits per heavy atom. The van der Waals surface area contributed by atoms with Crippen molar-refractivity contribution in [2.24, 2.45) is 0 Å². The molecule has 0 bridgehead atoms. The van der Waals surface area contributed by atoms with Crippen LogP contribution < -0.4 is 15.8 Å². The molecule has 0 aromatic heterocycles. The lowest BCUT2D eigenvalue weighted by atomic mass is 10.1. The van der Waals surface area contributed by atoms with Crippen molar-refractivity contribution in [1.29, 1.82) is 0 Å². The summed E-state index contributed by atoms with van der Waals surface area (Å²) in [6, 6.07) is 3.09. The molecular weight excluding hydrogens is 364 g/mol.